The predicted octanol–water partition coefficient (Wildman–Crippen LogP) is 0.409. The molecule has 1 atom stereocenters. The normalized spacial score (nSPS) is 11.9. The van der Waals surface area contributed by atoms with Crippen molar-refractivity contribution in [1.82, 2.24) is 10.6 Å². The Kier molecular flexibility index (Phi) is 5.36. The molecule has 7 nitrogen and oxygen atoms in total. The molecular formula is C17H20N4O3. The number of primary amides is 2. The fraction of sp³-hybridized carbons (Fsp3) is 0.235. The maximum Gasteiger partial charge on any atom is 0.316 e. The molecule has 2 rings (SSSR count). The van der Waals surface area contributed by atoms with Crippen molar-refractivity contribution in [2.24, 2.45) is 11.5 Å². The highest BCUT2D eigenvalue weighted by Crippen LogP contribution is 2.16. The van der Waals surface area contributed by atoms with Gasteiger partial charge < -0.3 is 22.1 Å². The lowest BCUT2D eigenvalue weighted by Crippen LogP contribution is -2.56. The summed E-state index contributed by atoms with van der Waals surface area (Å²) in [5.74, 6) is -2.00. The highest BCUT2D eigenvalue weighted by atomic mass is 16.2. The van der Waals surface area contributed by atoms with Gasteiger partial charge >= 0.3 is 6.03 Å². The second kappa shape index (κ2) is 7.45. The minimum absolute atomic E-state index is 0.215. The Morgan fingerprint density at radius 2 is 1.58 bits per heavy atom. The molecule has 24 heavy (non-hydrogen) atoms. The highest BCUT2D eigenvalue weighted by Gasteiger charge is 2.24. The minimum Gasteiger partial charge on any atom is -0.367 e. The quantitative estimate of drug-likeness (QED) is 0.573. The van der Waals surface area contributed by atoms with Gasteiger partial charge in [-0.2, -0.15) is 0 Å². The number of urea groups is 1. The van der Waals surface area contributed by atoms with Crippen molar-refractivity contribution < 1.29 is 14.4 Å². The molecule has 0 fully saturated rings. The summed E-state index contributed by atoms with van der Waals surface area (Å²) in [5.41, 5.74) is 11.1. The molecule has 0 aliphatic carbocycles. The van der Waals surface area contributed by atoms with Gasteiger partial charge in [0.1, 0.15) is 0 Å². The largest absolute Gasteiger partial charge is 0.367 e. The van der Waals surface area contributed by atoms with Gasteiger partial charge in [-0.3, -0.25) is 9.59 Å². The van der Waals surface area contributed by atoms with Gasteiger partial charge in [0.2, 0.25) is 11.8 Å². The number of hydrogen-bond donors (Lipinski definition) is 4. The molecule has 0 radical (unpaired) electrons. The number of carbonyl (C=O) groups is 3. The van der Waals surface area contributed by atoms with E-state index in [1.165, 1.54) is 0 Å². The van der Waals surface area contributed by atoms with Gasteiger partial charge in [-0.25, -0.2) is 4.79 Å². The summed E-state index contributed by atoms with van der Waals surface area (Å²) in [7, 11) is 0. The lowest BCUT2D eigenvalue weighted by Gasteiger charge is -2.17. The molecule has 0 saturated heterocycles. The van der Waals surface area contributed by atoms with Gasteiger partial charge in [-0.15, -0.1) is 0 Å². The van der Waals surface area contributed by atoms with E-state index in [4.69, 9.17) is 11.5 Å². The Labute approximate surface area is 139 Å². The molecule has 0 spiro atoms. The second-order valence-corrected chi connectivity index (χ2v) is 5.64. The molecule has 0 saturated carbocycles. The van der Waals surface area contributed by atoms with E-state index in [0.717, 1.165) is 16.3 Å². The number of amides is 4. The van der Waals surface area contributed by atoms with Crippen LogP contribution in [0, 0.1) is 0 Å². The van der Waals surface area contributed by atoms with E-state index >= 15 is 0 Å². The van der Waals surface area contributed by atoms with Crippen LogP contribution in [0.1, 0.15) is 12.5 Å². The van der Waals surface area contributed by atoms with E-state index in [9.17, 15) is 14.4 Å². The Hall–Kier alpha value is -3.09. The molecule has 0 aromatic heterocycles. The fourth-order valence-corrected chi connectivity index (χ4v) is 2.45. The Morgan fingerprint density at radius 3 is 2.21 bits per heavy atom. The molecule has 126 valence electrons. The van der Waals surface area contributed by atoms with Gasteiger partial charge in [-0.1, -0.05) is 42.5 Å². The molecule has 0 bridgehead atoms. The third-order valence-electron chi connectivity index (χ3n) is 3.58. The standard InChI is InChI=1S/C17H20N4O3/c1-10(20-17(24)21-14(15(18)22)16(19)23)8-11-6-7-12-4-2-3-5-13(12)9-11/h2-7,9-10,14H,8H2,1H3,(H2,18,22)(H2,19,23)(H2,20,21,24). The summed E-state index contributed by atoms with van der Waals surface area (Å²) in [5, 5.41) is 7.08. The van der Waals surface area contributed by atoms with Crippen LogP contribution in [0.15, 0.2) is 42.5 Å². The minimum atomic E-state index is -1.53. The van der Waals surface area contributed by atoms with Crippen molar-refractivity contribution in [2.75, 3.05) is 0 Å². The van der Waals surface area contributed by atoms with Crippen molar-refractivity contribution in [2.45, 2.75) is 25.4 Å². The number of carbonyl (C=O) groups excluding carboxylic acids is 3. The fourth-order valence-electron chi connectivity index (χ4n) is 2.45. The molecule has 4 amide bonds. The second-order valence-electron chi connectivity index (χ2n) is 5.64. The molecule has 0 aliphatic rings. The topological polar surface area (TPSA) is 127 Å². The van der Waals surface area contributed by atoms with Crippen LogP contribution in [0.25, 0.3) is 10.8 Å². The monoisotopic (exact) mass is 328 g/mol. The number of nitrogens with two attached hydrogens (primary N) is 2. The van der Waals surface area contributed by atoms with E-state index < -0.39 is 23.9 Å². The van der Waals surface area contributed by atoms with Crippen LogP contribution < -0.4 is 22.1 Å². The summed E-state index contributed by atoms with van der Waals surface area (Å²) >= 11 is 0. The molecule has 2 aromatic carbocycles. The first-order chi connectivity index (χ1) is 11.4. The Bertz CT molecular complexity index is 761. The van der Waals surface area contributed by atoms with E-state index in [1.807, 2.05) is 43.3 Å². The lowest BCUT2D eigenvalue weighted by molar-refractivity contribution is -0.128. The summed E-state index contributed by atoms with van der Waals surface area (Å²) in [4.78, 5) is 34.0. The van der Waals surface area contributed by atoms with Crippen LogP contribution in [0.5, 0.6) is 0 Å². The summed E-state index contributed by atoms with van der Waals surface area (Å²) in [6.07, 6.45) is 0.593. The first-order valence-electron chi connectivity index (χ1n) is 7.50. The molecule has 6 N–H and O–H groups in total. The van der Waals surface area contributed by atoms with E-state index in [-0.39, 0.29) is 6.04 Å². The van der Waals surface area contributed by atoms with Crippen LogP contribution in [0.2, 0.25) is 0 Å². The first kappa shape index (κ1) is 17.3. The molecule has 7 heteroatoms. The van der Waals surface area contributed by atoms with Crippen molar-refractivity contribution in [3.8, 4) is 0 Å². The maximum atomic E-state index is 11.8. The lowest BCUT2D eigenvalue weighted by atomic mass is 10.0. The maximum absolute atomic E-state index is 11.8. The molecule has 0 heterocycles. The molecular weight excluding hydrogens is 308 g/mol. The number of nitrogens with one attached hydrogen (secondary N) is 2. The third kappa shape index (κ3) is 4.45. The van der Waals surface area contributed by atoms with Crippen LogP contribution in [0.3, 0.4) is 0 Å². The average Bonchev–Trinajstić information content (AvgIpc) is 2.51. The summed E-state index contributed by atoms with van der Waals surface area (Å²) in [6.45, 7) is 1.82. The predicted molar refractivity (Wildman–Crippen MR) is 91.0 cm³/mol. The zero-order valence-electron chi connectivity index (χ0n) is 13.3. The van der Waals surface area contributed by atoms with Crippen molar-refractivity contribution in [3.05, 3.63) is 48.0 Å². The smallest absolute Gasteiger partial charge is 0.316 e. The molecule has 1 unspecified atom stereocenters. The third-order valence-corrected chi connectivity index (χ3v) is 3.58. The van der Waals surface area contributed by atoms with Crippen molar-refractivity contribution in [3.63, 3.8) is 0 Å². The van der Waals surface area contributed by atoms with Gasteiger partial charge in [0, 0.05) is 6.04 Å². The average molecular weight is 328 g/mol. The highest BCUT2D eigenvalue weighted by molar-refractivity contribution is 6.05. The SMILES string of the molecule is CC(Cc1ccc2ccccc2c1)NC(=O)NC(C(N)=O)C(N)=O. The molecule has 0 aliphatic heterocycles. The summed E-state index contributed by atoms with van der Waals surface area (Å²) < 4.78 is 0. The number of fused-ring (bicyclic) bond motifs is 1. The number of rotatable bonds is 6. The van der Waals surface area contributed by atoms with Gasteiger partial charge in [0.05, 0.1) is 0 Å². The van der Waals surface area contributed by atoms with Gasteiger partial charge in [0.25, 0.3) is 0 Å². The van der Waals surface area contributed by atoms with Gasteiger partial charge in [-0.05, 0) is 29.7 Å². The van der Waals surface area contributed by atoms with Crippen molar-refractivity contribution in [1.29, 1.82) is 0 Å². The summed E-state index contributed by atoms with van der Waals surface area (Å²) in [6, 6.07) is 11.6. The molecule has 2 aromatic rings. The van der Waals surface area contributed by atoms with E-state index in [0.29, 0.717) is 6.42 Å². The number of benzene rings is 2. The van der Waals surface area contributed by atoms with Crippen LogP contribution in [0.4, 0.5) is 4.79 Å². The zero-order valence-corrected chi connectivity index (χ0v) is 13.3. The van der Waals surface area contributed by atoms with Crippen LogP contribution in [-0.4, -0.2) is 29.9 Å². The first-order valence-corrected chi connectivity index (χ1v) is 7.50. The van der Waals surface area contributed by atoms with E-state index in [1.54, 1.807) is 0 Å². The van der Waals surface area contributed by atoms with Crippen LogP contribution >= 0.6 is 0 Å². The Balaban J connectivity index is 1.96. The van der Waals surface area contributed by atoms with E-state index in [2.05, 4.69) is 16.7 Å². The Morgan fingerprint density at radius 1 is 0.958 bits per heavy atom. The van der Waals surface area contributed by atoms with Crippen LogP contribution in [-0.2, 0) is 16.0 Å². The van der Waals surface area contributed by atoms with Crippen molar-refractivity contribution >= 4 is 28.6 Å². The van der Waals surface area contributed by atoms with Gasteiger partial charge in [0.15, 0.2) is 6.04 Å². The zero-order chi connectivity index (χ0) is 17.7. The number of hydrogen-bond acceptors (Lipinski definition) is 3.